The first kappa shape index (κ1) is 14.4. The summed E-state index contributed by atoms with van der Waals surface area (Å²) in [4.78, 5) is 18.5. The number of carboxylic acid groups (broad SMARTS) is 1. The van der Waals surface area contributed by atoms with Crippen LogP contribution < -0.4 is 5.32 Å². The molecule has 2 heterocycles. The smallest absolute Gasteiger partial charge is 0.347 e. The average molecular weight is 283 g/mol. The molecular formula is C13H21N3O2S. The van der Waals surface area contributed by atoms with E-state index < -0.39 is 5.97 Å². The number of piperazine rings is 1. The molecule has 1 aliphatic rings. The van der Waals surface area contributed by atoms with Gasteiger partial charge in [0.2, 0.25) is 0 Å². The van der Waals surface area contributed by atoms with Gasteiger partial charge >= 0.3 is 5.97 Å². The van der Waals surface area contributed by atoms with Gasteiger partial charge in [-0.25, -0.2) is 9.78 Å². The van der Waals surface area contributed by atoms with E-state index >= 15 is 0 Å². The Kier molecular flexibility index (Phi) is 5.30. The summed E-state index contributed by atoms with van der Waals surface area (Å²) in [6, 6.07) is 0. The molecule has 2 rings (SSSR count). The molecule has 0 atom stereocenters. The average Bonchev–Trinajstić information content (AvgIpc) is 2.80. The van der Waals surface area contributed by atoms with Gasteiger partial charge in [0.1, 0.15) is 9.88 Å². The van der Waals surface area contributed by atoms with Gasteiger partial charge < -0.3 is 10.4 Å². The van der Waals surface area contributed by atoms with E-state index in [0.29, 0.717) is 4.88 Å². The van der Waals surface area contributed by atoms with Gasteiger partial charge in [-0.3, -0.25) is 4.90 Å². The highest BCUT2D eigenvalue weighted by Gasteiger charge is 2.19. The van der Waals surface area contributed by atoms with Crippen molar-refractivity contribution in [1.29, 1.82) is 0 Å². The van der Waals surface area contributed by atoms with E-state index in [9.17, 15) is 9.90 Å². The largest absolute Gasteiger partial charge is 0.477 e. The molecule has 0 bridgehead atoms. The molecule has 0 saturated carbocycles. The predicted molar refractivity (Wildman–Crippen MR) is 75.8 cm³/mol. The molecule has 1 fully saturated rings. The van der Waals surface area contributed by atoms with E-state index in [4.69, 9.17) is 0 Å². The molecule has 0 aromatic carbocycles. The summed E-state index contributed by atoms with van der Waals surface area (Å²) in [7, 11) is 0. The number of carbonyl (C=O) groups is 1. The predicted octanol–water partition coefficient (Wildman–Crippen LogP) is 1.59. The molecule has 1 aliphatic heterocycles. The van der Waals surface area contributed by atoms with Crippen molar-refractivity contribution in [2.75, 3.05) is 26.2 Å². The van der Waals surface area contributed by atoms with Crippen LogP contribution in [0.4, 0.5) is 0 Å². The van der Waals surface area contributed by atoms with Crippen molar-refractivity contribution in [3.05, 3.63) is 15.6 Å². The summed E-state index contributed by atoms with van der Waals surface area (Å²) in [6.45, 7) is 6.89. The zero-order chi connectivity index (χ0) is 13.7. The molecule has 0 radical (unpaired) electrons. The summed E-state index contributed by atoms with van der Waals surface area (Å²) >= 11 is 1.34. The lowest BCUT2D eigenvalue weighted by Gasteiger charge is -2.26. The third-order valence-corrected chi connectivity index (χ3v) is 4.34. The first-order valence-corrected chi connectivity index (χ1v) is 7.67. The number of nitrogens with one attached hydrogen (secondary N) is 1. The van der Waals surface area contributed by atoms with E-state index in [-0.39, 0.29) is 0 Å². The van der Waals surface area contributed by atoms with E-state index in [1.165, 1.54) is 11.3 Å². The van der Waals surface area contributed by atoms with Gasteiger partial charge in [-0.1, -0.05) is 13.3 Å². The van der Waals surface area contributed by atoms with Gasteiger partial charge in [0.05, 0.1) is 12.2 Å². The molecule has 0 unspecified atom stereocenters. The van der Waals surface area contributed by atoms with Crippen LogP contribution in [0.3, 0.4) is 0 Å². The molecule has 19 heavy (non-hydrogen) atoms. The van der Waals surface area contributed by atoms with Crippen LogP contribution in [-0.2, 0) is 13.0 Å². The van der Waals surface area contributed by atoms with Crippen molar-refractivity contribution in [2.24, 2.45) is 0 Å². The van der Waals surface area contributed by atoms with Gasteiger partial charge in [0, 0.05) is 26.2 Å². The summed E-state index contributed by atoms with van der Waals surface area (Å²) in [6.07, 6.45) is 2.83. The Balaban J connectivity index is 2.05. The lowest BCUT2D eigenvalue weighted by molar-refractivity contribution is 0.0700. The minimum atomic E-state index is -0.838. The van der Waals surface area contributed by atoms with Gasteiger partial charge in [-0.2, -0.15) is 0 Å². The van der Waals surface area contributed by atoms with Crippen LogP contribution in [0, 0.1) is 0 Å². The maximum atomic E-state index is 11.2. The van der Waals surface area contributed by atoms with Crippen LogP contribution in [0.15, 0.2) is 0 Å². The number of hydrogen-bond acceptors (Lipinski definition) is 5. The Morgan fingerprint density at radius 3 is 2.84 bits per heavy atom. The van der Waals surface area contributed by atoms with Crippen molar-refractivity contribution in [2.45, 2.75) is 32.7 Å². The Bertz CT molecular complexity index is 428. The molecule has 106 valence electrons. The van der Waals surface area contributed by atoms with Crippen LogP contribution >= 0.6 is 11.3 Å². The summed E-state index contributed by atoms with van der Waals surface area (Å²) in [5.41, 5.74) is 0.768. The van der Waals surface area contributed by atoms with Crippen LogP contribution in [0.2, 0.25) is 0 Å². The first-order chi connectivity index (χ1) is 9.20. The number of rotatable bonds is 6. The van der Waals surface area contributed by atoms with Crippen molar-refractivity contribution in [3.8, 4) is 0 Å². The SMILES string of the molecule is CCCCc1nc(CN2CCNCC2)sc1C(=O)O. The third kappa shape index (κ3) is 3.99. The second-order valence-corrected chi connectivity index (χ2v) is 5.90. The van der Waals surface area contributed by atoms with Crippen LogP contribution in [-0.4, -0.2) is 47.1 Å². The van der Waals surface area contributed by atoms with Crippen molar-refractivity contribution in [3.63, 3.8) is 0 Å². The van der Waals surface area contributed by atoms with Crippen LogP contribution in [0.5, 0.6) is 0 Å². The monoisotopic (exact) mass is 283 g/mol. The maximum absolute atomic E-state index is 11.2. The molecule has 0 aliphatic carbocycles. The second-order valence-electron chi connectivity index (χ2n) is 4.82. The first-order valence-electron chi connectivity index (χ1n) is 6.85. The van der Waals surface area contributed by atoms with Crippen molar-refractivity contribution < 1.29 is 9.90 Å². The van der Waals surface area contributed by atoms with Crippen LogP contribution in [0.25, 0.3) is 0 Å². The van der Waals surface area contributed by atoms with Gasteiger partial charge in [0.25, 0.3) is 0 Å². The highest BCUT2D eigenvalue weighted by molar-refractivity contribution is 7.13. The fraction of sp³-hybridized carbons (Fsp3) is 0.692. The second kappa shape index (κ2) is 6.98. The van der Waals surface area contributed by atoms with E-state index in [2.05, 4.69) is 22.1 Å². The quantitative estimate of drug-likeness (QED) is 0.830. The fourth-order valence-electron chi connectivity index (χ4n) is 2.21. The van der Waals surface area contributed by atoms with Gasteiger partial charge in [-0.05, 0) is 12.8 Å². The highest BCUT2D eigenvalue weighted by atomic mass is 32.1. The van der Waals surface area contributed by atoms with Crippen molar-refractivity contribution in [1.82, 2.24) is 15.2 Å². The number of aromatic nitrogens is 1. The third-order valence-electron chi connectivity index (χ3n) is 3.27. The molecule has 6 heteroatoms. The minimum absolute atomic E-state index is 0.429. The molecule has 5 nitrogen and oxygen atoms in total. The number of thiazole rings is 1. The number of aromatic carboxylic acids is 1. The summed E-state index contributed by atoms with van der Waals surface area (Å²) < 4.78 is 0. The van der Waals surface area contributed by atoms with Gasteiger partial charge in [0.15, 0.2) is 0 Å². The molecule has 1 aromatic heterocycles. The zero-order valence-corrected chi connectivity index (χ0v) is 12.1. The zero-order valence-electron chi connectivity index (χ0n) is 11.3. The Morgan fingerprint density at radius 2 is 2.21 bits per heavy atom. The van der Waals surface area contributed by atoms with E-state index in [1.54, 1.807) is 0 Å². The molecular weight excluding hydrogens is 262 g/mol. The number of nitrogens with zero attached hydrogens (tertiary/aromatic N) is 2. The number of aryl methyl sites for hydroxylation is 1. The topological polar surface area (TPSA) is 65.5 Å². The minimum Gasteiger partial charge on any atom is -0.477 e. The maximum Gasteiger partial charge on any atom is 0.347 e. The standard InChI is InChI=1S/C13H21N3O2S/c1-2-3-4-10-12(13(17)18)19-11(15-10)9-16-7-5-14-6-8-16/h14H,2-9H2,1H3,(H,17,18). The fourth-order valence-corrected chi connectivity index (χ4v) is 3.20. The van der Waals surface area contributed by atoms with Gasteiger partial charge in [-0.15, -0.1) is 11.3 Å². The summed E-state index contributed by atoms with van der Waals surface area (Å²) in [5.74, 6) is -0.838. The lowest BCUT2D eigenvalue weighted by Crippen LogP contribution is -2.42. The Labute approximate surface area is 117 Å². The number of hydrogen-bond donors (Lipinski definition) is 2. The number of carboxylic acids is 1. The van der Waals surface area contributed by atoms with E-state index in [0.717, 1.165) is 62.7 Å². The molecule has 2 N–H and O–H groups in total. The molecule has 1 saturated heterocycles. The molecule has 0 spiro atoms. The van der Waals surface area contributed by atoms with Crippen molar-refractivity contribution >= 4 is 17.3 Å². The lowest BCUT2D eigenvalue weighted by atomic mass is 10.2. The Morgan fingerprint density at radius 1 is 1.47 bits per heavy atom. The van der Waals surface area contributed by atoms with Crippen LogP contribution in [0.1, 0.15) is 40.1 Å². The molecule has 0 amide bonds. The summed E-state index contributed by atoms with van der Waals surface area (Å²) in [5, 5.41) is 13.5. The molecule has 1 aromatic rings. The number of unbranched alkanes of at least 4 members (excludes halogenated alkanes) is 1. The normalized spacial score (nSPS) is 16.7. The highest BCUT2D eigenvalue weighted by Crippen LogP contribution is 2.22. The van der Waals surface area contributed by atoms with E-state index in [1.807, 2.05) is 0 Å². The Hall–Kier alpha value is -0.980.